The number of carbonyl (C=O) groups excluding carboxylic acids is 2. The average molecular weight is 567 g/mol. The van der Waals surface area contributed by atoms with E-state index in [9.17, 15) is 24.9 Å². The average Bonchev–Trinajstić information content (AvgIpc) is 3.54. The molecule has 3 aromatic rings. The zero-order chi connectivity index (χ0) is 29.0. The van der Waals surface area contributed by atoms with Gasteiger partial charge in [-0.15, -0.1) is 0 Å². The summed E-state index contributed by atoms with van der Waals surface area (Å²) in [6, 6.07) is 7.74. The minimum atomic E-state index is -1.30. The lowest BCUT2D eigenvalue weighted by Gasteiger charge is -2.39. The first-order valence-corrected chi connectivity index (χ1v) is 12.7. The Kier molecular flexibility index (Phi) is 6.51. The zero-order valence-corrected chi connectivity index (χ0v) is 22.0. The molecule has 3 N–H and O–H groups in total. The van der Waals surface area contributed by atoms with Crippen molar-refractivity contribution in [2.75, 3.05) is 13.4 Å². The van der Waals surface area contributed by atoms with Gasteiger partial charge in [0.15, 0.2) is 29.1 Å². The molecular weight excluding hydrogens is 540 g/mol. The van der Waals surface area contributed by atoms with Crippen LogP contribution in [0.4, 0.5) is 0 Å². The van der Waals surface area contributed by atoms with Crippen LogP contribution in [0, 0.1) is 0 Å². The second kappa shape index (κ2) is 10.1. The van der Waals surface area contributed by atoms with E-state index in [1.54, 1.807) is 25.1 Å². The van der Waals surface area contributed by atoms with Crippen LogP contribution in [0.15, 0.2) is 42.7 Å². The van der Waals surface area contributed by atoms with E-state index in [2.05, 4.69) is 6.58 Å². The van der Waals surface area contributed by atoms with Crippen molar-refractivity contribution in [3.05, 3.63) is 53.8 Å². The maximum absolute atomic E-state index is 13.2. The number of hydrogen-bond acceptors (Lipinski definition) is 12. The summed E-state index contributed by atoms with van der Waals surface area (Å²) in [6.07, 6.45) is -4.78. The van der Waals surface area contributed by atoms with Crippen molar-refractivity contribution in [2.45, 2.75) is 45.1 Å². The molecule has 4 atom stereocenters. The fourth-order valence-corrected chi connectivity index (χ4v) is 5.26. The molecule has 12 heteroatoms. The van der Waals surface area contributed by atoms with Gasteiger partial charge in [-0.2, -0.15) is 0 Å². The fourth-order valence-electron chi connectivity index (χ4n) is 5.26. The predicted octanol–water partition coefficient (Wildman–Crippen LogP) is 3.26. The number of esters is 2. The number of ether oxygens (including phenoxy) is 7. The predicted molar refractivity (Wildman–Crippen MR) is 140 cm³/mol. The maximum atomic E-state index is 13.2. The molecule has 0 amide bonds. The van der Waals surface area contributed by atoms with Crippen LogP contribution in [0.2, 0.25) is 0 Å². The van der Waals surface area contributed by atoms with Gasteiger partial charge in [-0.05, 0) is 42.1 Å². The Morgan fingerprint density at radius 2 is 1.68 bits per heavy atom. The van der Waals surface area contributed by atoms with Gasteiger partial charge in [-0.3, -0.25) is 4.79 Å². The first kappa shape index (κ1) is 26.5. The van der Waals surface area contributed by atoms with Crippen molar-refractivity contribution in [3.8, 4) is 39.9 Å². The van der Waals surface area contributed by atoms with Crippen LogP contribution in [0.3, 0.4) is 0 Å². The third-order valence-corrected chi connectivity index (χ3v) is 6.94. The summed E-state index contributed by atoms with van der Waals surface area (Å²) in [5, 5.41) is 32.2. The molecule has 1 fully saturated rings. The lowest BCUT2D eigenvalue weighted by molar-refractivity contribution is -0.253. The highest BCUT2D eigenvalue weighted by molar-refractivity contribution is 6.14. The van der Waals surface area contributed by atoms with E-state index in [-0.39, 0.29) is 37.1 Å². The van der Waals surface area contributed by atoms with E-state index < -0.39 is 48.0 Å². The van der Waals surface area contributed by atoms with E-state index in [4.69, 9.17) is 33.2 Å². The second-order valence-electron chi connectivity index (χ2n) is 9.83. The molecule has 1 unspecified atom stereocenters. The van der Waals surface area contributed by atoms with Crippen molar-refractivity contribution >= 4 is 22.7 Å². The first-order valence-electron chi connectivity index (χ1n) is 12.7. The Bertz CT molecular complexity index is 1590. The Morgan fingerprint density at radius 3 is 2.41 bits per heavy atom. The van der Waals surface area contributed by atoms with E-state index >= 15 is 0 Å². The minimum Gasteiger partial charge on any atom is -0.504 e. The van der Waals surface area contributed by atoms with Crippen LogP contribution in [-0.2, 0) is 30.3 Å². The van der Waals surface area contributed by atoms with Crippen molar-refractivity contribution in [3.63, 3.8) is 0 Å². The molecule has 0 bridgehead atoms. The number of hydrogen-bond donors (Lipinski definition) is 3. The SMILES string of the molecule is C=C(C)O[C@H]1[C@H](O)COC(Oc2c3c(c(-c4ccc5c(c4)OCO5)c4cc(O)c(O)cc24)C(=O)OC3)[C@@H]1OC(C)=O. The van der Waals surface area contributed by atoms with Gasteiger partial charge in [0.1, 0.15) is 18.5 Å². The number of carbonyl (C=O) groups is 2. The molecule has 3 heterocycles. The molecular formula is C29H26O12. The largest absolute Gasteiger partial charge is 0.504 e. The first-order chi connectivity index (χ1) is 19.6. The molecule has 0 spiro atoms. The molecule has 3 aromatic carbocycles. The molecule has 3 aliphatic heterocycles. The van der Waals surface area contributed by atoms with Gasteiger partial charge < -0.3 is 48.5 Å². The topological polar surface area (TPSA) is 159 Å². The van der Waals surface area contributed by atoms with Crippen LogP contribution < -0.4 is 14.2 Å². The molecule has 0 saturated carbocycles. The number of aliphatic hydroxyl groups excluding tert-OH is 1. The third-order valence-electron chi connectivity index (χ3n) is 6.94. The number of aliphatic hydroxyl groups is 1. The van der Waals surface area contributed by atoms with Crippen LogP contribution in [0.1, 0.15) is 29.8 Å². The fraction of sp³-hybridized carbons (Fsp3) is 0.310. The van der Waals surface area contributed by atoms with Gasteiger partial charge in [0, 0.05) is 23.4 Å². The summed E-state index contributed by atoms with van der Waals surface area (Å²) in [5.41, 5.74) is 1.49. The highest BCUT2D eigenvalue weighted by atomic mass is 16.7. The highest BCUT2D eigenvalue weighted by Gasteiger charge is 2.46. The van der Waals surface area contributed by atoms with Gasteiger partial charge in [0.05, 0.1) is 17.9 Å². The van der Waals surface area contributed by atoms with Crippen molar-refractivity contribution in [1.82, 2.24) is 0 Å². The molecule has 214 valence electrons. The van der Waals surface area contributed by atoms with Gasteiger partial charge in [-0.1, -0.05) is 12.6 Å². The lowest BCUT2D eigenvalue weighted by atomic mass is 9.89. The van der Waals surface area contributed by atoms with Crippen molar-refractivity contribution in [1.29, 1.82) is 0 Å². The number of aromatic hydroxyl groups is 2. The normalized spacial score (nSPS) is 22.7. The number of cyclic esters (lactones) is 1. The monoisotopic (exact) mass is 566 g/mol. The highest BCUT2D eigenvalue weighted by Crippen LogP contribution is 2.49. The number of phenolic OH excluding ortho intramolecular Hbond substituents is 2. The van der Waals surface area contributed by atoms with Crippen LogP contribution in [-0.4, -0.2) is 65.3 Å². The summed E-state index contributed by atoms with van der Waals surface area (Å²) >= 11 is 0. The summed E-state index contributed by atoms with van der Waals surface area (Å²) in [7, 11) is 0. The molecule has 41 heavy (non-hydrogen) atoms. The quantitative estimate of drug-likeness (QED) is 0.227. The zero-order valence-electron chi connectivity index (χ0n) is 22.0. The van der Waals surface area contributed by atoms with E-state index in [1.807, 2.05) is 0 Å². The molecule has 3 aliphatic rings. The van der Waals surface area contributed by atoms with E-state index in [0.717, 1.165) is 0 Å². The Hall–Kier alpha value is -4.68. The Balaban J connectivity index is 1.54. The second-order valence-corrected chi connectivity index (χ2v) is 9.83. The number of rotatable bonds is 6. The standard InChI is InChI=1S/C29H26O12/c1-12(2)39-26-20(33)10-36-29(27(26)40-13(3)30)41-25-16-8-19(32)18(31)7-15(16)23(24-17(25)9-35-28(24)34)14-4-5-21-22(6-14)38-11-37-21/h4-8,20,26-27,29,31-33H,1,9-11H2,2-3H3/t20-,26+,27-,29?/m1/s1. The number of allylic oxidation sites excluding steroid dienone is 1. The van der Waals surface area contributed by atoms with Crippen LogP contribution >= 0.6 is 0 Å². The molecule has 0 aromatic heterocycles. The Morgan fingerprint density at radius 1 is 0.951 bits per heavy atom. The van der Waals surface area contributed by atoms with E-state index in [1.165, 1.54) is 19.1 Å². The van der Waals surface area contributed by atoms with Gasteiger partial charge in [0.2, 0.25) is 19.2 Å². The van der Waals surface area contributed by atoms with Crippen molar-refractivity contribution in [2.24, 2.45) is 0 Å². The molecule has 0 aliphatic carbocycles. The van der Waals surface area contributed by atoms with E-state index in [0.29, 0.717) is 39.0 Å². The molecule has 12 nitrogen and oxygen atoms in total. The summed E-state index contributed by atoms with van der Waals surface area (Å²) in [5.74, 6) is -0.805. The summed E-state index contributed by atoms with van der Waals surface area (Å²) < 4.78 is 39.6. The van der Waals surface area contributed by atoms with Gasteiger partial charge in [0.25, 0.3) is 0 Å². The summed E-state index contributed by atoms with van der Waals surface area (Å²) in [4.78, 5) is 25.2. The molecule has 0 radical (unpaired) electrons. The molecule has 1 saturated heterocycles. The van der Waals surface area contributed by atoms with Gasteiger partial charge >= 0.3 is 11.9 Å². The maximum Gasteiger partial charge on any atom is 0.339 e. The number of phenols is 2. The van der Waals surface area contributed by atoms with Crippen LogP contribution in [0.5, 0.6) is 28.7 Å². The van der Waals surface area contributed by atoms with Crippen molar-refractivity contribution < 1.29 is 58.1 Å². The van der Waals surface area contributed by atoms with Crippen LogP contribution in [0.25, 0.3) is 21.9 Å². The third kappa shape index (κ3) is 4.60. The molecule has 6 rings (SSSR count). The Labute approximate surface area is 233 Å². The number of fused-ring (bicyclic) bond motifs is 3. The smallest absolute Gasteiger partial charge is 0.339 e. The number of benzene rings is 3. The lowest BCUT2D eigenvalue weighted by Crippen LogP contribution is -2.57. The summed E-state index contributed by atoms with van der Waals surface area (Å²) in [6.45, 7) is 6.13. The minimum absolute atomic E-state index is 0.0524. The van der Waals surface area contributed by atoms with Gasteiger partial charge in [-0.25, -0.2) is 4.79 Å².